The Morgan fingerprint density at radius 1 is 1.08 bits per heavy atom. The Morgan fingerprint density at radius 2 is 1.75 bits per heavy atom. The zero-order valence-electron chi connectivity index (χ0n) is 14.0. The minimum absolute atomic E-state index is 0.338. The number of ether oxygens (including phenoxy) is 1. The van der Waals surface area contributed by atoms with Gasteiger partial charge >= 0.3 is 0 Å². The van der Waals surface area contributed by atoms with E-state index in [9.17, 15) is 8.42 Å². The highest BCUT2D eigenvalue weighted by molar-refractivity contribution is 7.86. The lowest BCUT2D eigenvalue weighted by atomic mass is 10.0. The summed E-state index contributed by atoms with van der Waals surface area (Å²) in [6.45, 7) is 1.29. The summed E-state index contributed by atoms with van der Waals surface area (Å²) in [5.41, 5.74) is 3.26. The normalized spacial score (nSPS) is 15.3. The third kappa shape index (κ3) is 3.45. The van der Waals surface area contributed by atoms with Gasteiger partial charge in [-0.25, -0.2) is 0 Å². The first-order valence-corrected chi connectivity index (χ1v) is 9.31. The van der Waals surface area contributed by atoms with Crippen molar-refractivity contribution >= 4 is 10.2 Å². The second-order valence-corrected chi connectivity index (χ2v) is 8.00. The van der Waals surface area contributed by atoms with Gasteiger partial charge < -0.3 is 4.74 Å². The molecule has 1 heterocycles. The van der Waals surface area contributed by atoms with E-state index in [0.717, 1.165) is 23.3 Å². The summed E-state index contributed by atoms with van der Waals surface area (Å²) in [5, 5.41) is 0. The van der Waals surface area contributed by atoms with Crippen molar-refractivity contribution in [3.8, 4) is 5.75 Å². The average molecular weight is 346 g/mol. The van der Waals surface area contributed by atoms with Crippen LogP contribution in [0, 0.1) is 0 Å². The number of methoxy groups -OCH3 is 1. The summed E-state index contributed by atoms with van der Waals surface area (Å²) in [6, 6.07) is 15.5. The van der Waals surface area contributed by atoms with E-state index in [0.29, 0.717) is 19.6 Å². The SMILES string of the molecule is COc1ccc(CN(C)S(=O)(=O)N2CCc3ccccc3C2)cc1. The van der Waals surface area contributed by atoms with E-state index >= 15 is 0 Å². The van der Waals surface area contributed by atoms with Crippen molar-refractivity contribution in [3.63, 3.8) is 0 Å². The summed E-state index contributed by atoms with van der Waals surface area (Å²) < 4.78 is 33.8. The third-order valence-corrected chi connectivity index (χ3v) is 6.26. The van der Waals surface area contributed by atoms with E-state index in [4.69, 9.17) is 4.74 Å². The van der Waals surface area contributed by atoms with Crippen molar-refractivity contribution in [1.82, 2.24) is 8.61 Å². The minimum Gasteiger partial charge on any atom is -0.497 e. The molecular formula is C18H22N2O3S. The molecule has 128 valence electrons. The van der Waals surface area contributed by atoms with Gasteiger partial charge in [0.25, 0.3) is 10.2 Å². The predicted molar refractivity (Wildman–Crippen MR) is 93.9 cm³/mol. The second-order valence-electron chi connectivity index (χ2n) is 5.96. The Kier molecular flexibility index (Phi) is 4.89. The molecule has 0 spiro atoms. The molecule has 0 unspecified atom stereocenters. The molecule has 3 rings (SSSR count). The van der Waals surface area contributed by atoms with Gasteiger partial charge in [-0.05, 0) is 35.2 Å². The second kappa shape index (κ2) is 6.93. The third-order valence-electron chi connectivity index (χ3n) is 4.38. The van der Waals surface area contributed by atoms with Gasteiger partial charge in [-0.3, -0.25) is 0 Å². The van der Waals surface area contributed by atoms with E-state index < -0.39 is 10.2 Å². The number of hydrogen-bond donors (Lipinski definition) is 0. The molecule has 0 radical (unpaired) electrons. The van der Waals surface area contributed by atoms with E-state index in [2.05, 4.69) is 6.07 Å². The van der Waals surface area contributed by atoms with Crippen LogP contribution in [-0.2, 0) is 29.7 Å². The first-order valence-electron chi connectivity index (χ1n) is 7.92. The van der Waals surface area contributed by atoms with Gasteiger partial charge in [0.05, 0.1) is 7.11 Å². The van der Waals surface area contributed by atoms with Crippen LogP contribution in [0.4, 0.5) is 0 Å². The maximum Gasteiger partial charge on any atom is 0.282 e. The van der Waals surface area contributed by atoms with Gasteiger partial charge in [0.15, 0.2) is 0 Å². The Labute approximate surface area is 143 Å². The molecule has 0 aliphatic carbocycles. The quantitative estimate of drug-likeness (QED) is 0.835. The molecule has 0 aromatic heterocycles. The first-order chi connectivity index (χ1) is 11.5. The van der Waals surface area contributed by atoms with Gasteiger partial charge in [0, 0.05) is 26.7 Å². The number of benzene rings is 2. The smallest absolute Gasteiger partial charge is 0.282 e. The lowest BCUT2D eigenvalue weighted by Crippen LogP contribution is -2.43. The van der Waals surface area contributed by atoms with Crippen LogP contribution >= 0.6 is 0 Å². The summed E-state index contributed by atoms with van der Waals surface area (Å²) >= 11 is 0. The molecule has 24 heavy (non-hydrogen) atoms. The molecule has 5 nitrogen and oxygen atoms in total. The molecule has 2 aromatic carbocycles. The van der Waals surface area contributed by atoms with Crippen molar-refractivity contribution in [1.29, 1.82) is 0 Å². The van der Waals surface area contributed by atoms with Crippen molar-refractivity contribution in [3.05, 3.63) is 65.2 Å². The van der Waals surface area contributed by atoms with Crippen LogP contribution in [0.15, 0.2) is 48.5 Å². The first kappa shape index (κ1) is 17.0. The minimum atomic E-state index is -3.48. The molecule has 2 aromatic rings. The van der Waals surface area contributed by atoms with Crippen LogP contribution in [0.3, 0.4) is 0 Å². The molecular weight excluding hydrogens is 324 g/mol. The Bertz CT molecular complexity index is 803. The van der Waals surface area contributed by atoms with Crippen LogP contribution in [0.25, 0.3) is 0 Å². The lowest BCUT2D eigenvalue weighted by molar-refractivity contribution is 0.342. The zero-order chi connectivity index (χ0) is 17.2. The van der Waals surface area contributed by atoms with Crippen molar-refractivity contribution < 1.29 is 13.2 Å². The van der Waals surface area contributed by atoms with Gasteiger partial charge in [0.1, 0.15) is 5.75 Å². The standard InChI is InChI=1S/C18H22N2O3S/c1-19(13-15-7-9-18(23-2)10-8-15)24(21,22)20-12-11-16-5-3-4-6-17(16)14-20/h3-10H,11-14H2,1-2H3. The molecule has 0 atom stereocenters. The molecule has 0 saturated heterocycles. The van der Waals surface area contributed by atoms with Crippen molar-refractivity contribution in [2.24, 2.45) is 0 Å². The highest BCUT2D eigenvalue weighted by atomic mass is 32.2. The molecule has 1 aliphatic rings. The molecule has 0 fully saturated rings. The van der Waals surface area contributed by atoms with E-state index in [1.807, 2.05) is 42.5 Å². The van der Waals surface area contributed by atoms with E-state index in [1.54, 1.807) is 18.5 Å². The van der Waals surface area contributed by atoms with Crippen LogP contribution in [0.2, 0.25) is 0 Å². The Balaban J connectivity index is 1.72. The molecule has 0 amide bonds. The largest absolute Gasteiger partial charge is 0.497 e. The molecule has 6 heteroatoms. The number of rotatable bonds is 5. The van der Waals surface area contributed by atoms with Crippen LogP contribution in [-0.4, -0.2) is 37.7 Å². The highest BCUT2D eigenvalue weighted by Crippen LogP contribution is 2.23. The number of hydrogen-bond acceptors (Lipinski definition) is 3. The van der Waals surface area contributed by atoms with Crippen molar-refractivity contribution in [2.75, 3.05) is 20.7 Å². The number of nitrogens with zero attached hydrogens (tertiary/aromatic N) is 2. The average Bonchev–Trinajstić information content (AvgIpc) is 2.61. The Hall–Kier alpha value is -1.89. The molecule has 0 saturated carbocycles. The van der Waals surface area contributed by atoms with Crippen LogP contribution in [0.1, 0.15) is 16.7 Å². The lowest BCUT2D eigenvalue weighted by Gasteiger charge is -2.31. The van der Waals surface area contributed by atoms with Gasteiger partial charge in [-0.2, -0.15) is 17.0 Å². The zero-order valence-corrected chi connectivity index (χ0v) is 14.8. The number of fused-ring (bicyclic) bond motifs is 1. The molecule has 0 N–H and O–H groups in total. The summed E-state index contributed by atoms with van der Waals surface area (Å²) in [4.78, 5) is 0. The fourth-order valence-corrected chi connectivity index (χ4v) is 4.26. The molecule has 1 aliphatic heterocycles. The Morgan fingerprint density at radius 3 is 2.42 bits per heavy atom. The van der Waals surface area contributed by atoms with E-state index in [1.165, 1.54) is 9.87 Å². The maximum atomic E-state index is 12.9. The van der Waals surface area contributed by atoms with Crippen LogP contribution in [0.5, 0.6) is 5.75 Å². The van der Waals surface area contributed by atoms with Crippen LogP contribution < -0.4 is 4.74 Å². The van der Waals surface area contributed by atoms with Crippen molar-refractivity contribution in [2.45, 2.75) is 19.5 Å². The monoisotopic (exact) mass is 346 g/mol. The fourth-order valence-electron chi connectivity index (χ4n) is 2.93. The molecule has 0 bridgehead atoms. The topological polar surface area (TPSA) is 49.9 Å². The summed E-state index contributed by atoms with van der Waals surface area (Å²) in [7, 11) is -0.247. The van der Waals surface area contributed by atoms with E-state index in [-0.39, 0.29) is 0 Å². The predicted octanol–water partition coefficient (Wildman–Crippen LogP) is 2.43. The maximum absolute atomic E-state index is 12.9. The highest BCUT2D eigenvalue weighted by Gasteiger charge is 2.30. The summed E-state index contributed by atoms with van der Waals surface area (Å²) in [6.07, 6.45) is 0.756. The van der Waals surface area contributed by atoms with Gasteiger partial charge in [-0.1, -0.05) is 36.4 Å². The van der Waals surface area contributed by atoms with Gasteiger partial charge in [-0.15, -0.1) is 0 Å². The van der Waals surface area contributed by atoms with Gasteiger partial charge in [0.2, 0.25) is 0 Å². The summed E-state index contributed by atoms with van der Waals surface area (Å²) in [5.74, 6) is 0.761. The fraction of sp³-hybridized carbons (Fsp3) is 0.333.